The zero-order valence-corrected chi connectivity index (χ0v) is 12.7. The van der Waals surface area contributed by atoms with Gasteiger partial charge in [0.2, 0.25) is 0 Å². The van der Waals surface area contributed by atoms with Crippen LogP contribution in [0.5, 0.6) is 0 Å². The van der Waals surface area contributed by atoms with Gasteiger partial charge in [-0.15, -0.1) is 0 Å². The van der Waals surface area contributed by atoms with E-state index in [1.165, 1.54) is 12.1 Å². The summed E-state index contributed by atoms with van der Waals surface area (Å²) in [5, 5.41) is 13.5. The summed E-state index contributed by atoms with van der Waals surface area (Å²) < 4.78 is 13.9. The molecule has 0 fully saturated rings. The van der Waals surface area contributed by atoms with E-state index in [4.69, 9.17) is 0 Å². The van der Waals surface area contributed by atoms with Gasteiger partial charge in [0.1, 0.15) is 0 Å². The number of rotatable bonds is 4. The first kappa shape index (κ1) is 15.5. The number of nitrogens with zero attached hydrogens (tertiary/aromatic N) is 3. The van der Waals surface area contributed by atoms with E-state index >= 15 is 0 Å². The number of aromatic nitrogens is 2. The van der Waals surface area contributed by atoms with Crippen LogP contribution in [-0.4, -0.2) is 14.9 Å². The summed E-state index contributed by atoms with van der Waals surface area (Å²) in [5.41, 5.74) is 2.24. The van der Waals surface area contributed by atoms with Gasteiger partial charge < -0.3 is 5.32 Å². The van der Waals surface area contributed by atoms with Gasteiger partial charge >= 0.3 is 0 Å². The second kappa shape index (κ2) is 6.41. The molecule has 0 radical (unpaired) electrons. The molecule has 120 valence electrons. The molecular weight excluding hydrogens is 311 g/mol. The van der Waals surface area contributed by atoms with Crippen molar-refractivity contribution in [3.05, 3.63) is 76.4 Å². The number of nitrogens with one attached hydrogen (secondary N) is 1. The Bertz CT molecular complexity index is 897. The first-order valence-electron chi connectivity index (χ1n) is 7.14. The van der Waals surface area contributed by atoms with Crippen LogP contribution in [0.25, 0.3) is 11.4 Å². The van der Waals surface area contributed by atoms with Crippen LogP contribution < -0.4 is 5.32 Å². The van der Waals surface area contributed by atoms with Crippen molar-refractivity contribution in [2.45, 2.75) is 6.92 Å². The molecule has 0 atom stereocenters. The molecule has 0 bridgehead atoms. The molecule has 1 N–H and O–H groups in total. The van der Waals surface area contributed by atoms with Crippen molar-refractivity contribution in [2.75, 3.05) is 5.32 Å². The van der Waals surface area contributed by atoms with Crippen LogP contribution in [0.15, 0.2) is 54.7 Å². The fourth-order valence-corrected chi connectivity index (χ4v) is 2.17. The fourth-order valence-electron chi connectivity index (χ4n) is 2.17. The number of nitro benzene ring substituents is 1. The third kappa shape index (κ3) is 3.35. The molecule has 0 saturated carbocycles. The van der Waals surface area contributed by atoms with Crippen molar-refractivity contribution in [1.29, 1.82) is 0 Å². The first-order chi connectivity index (χ1) is 11.5. The van der Waals surface area contributed by atoms with E-state index in [1.807, 2.05) is 25.1 Å². The molecule has 2 aromatic carbocycles. The quantitative estimate of drug-likeness (QED) is 0.573. The smallest absolute Gasteiger partial charge is 0.272 e. The fraction of sp³-hybridized carbons (Fsp3) is 0.0588. The summed E-state index contributed by atoms with van der Waals surface area (Å²) in [5.74, 6) is -0.0710. The van der Waals surface area contributed by atoms with Crippen molar-refractivity contribution in [3.8, 4) is 11.4 Å². The highest BCUT2D eigenvalue weighted by Crippen LogP contribution is 2.25. The Morgan fingerprint density at radius 2 is 1.88 bits per heavy atom. The maximum absolute atomic E-state index is 13.9. The van der Waals surface area contributed by atoms with Crippen LogP contribution in [0.4, 0.5) is 21.5 Å². The lowest BCUT2D eigenvalue weighted by Gasteiger charge is -2.08. The molecule has 0 unspecified atom stereocenters. The lowest BCUT2D eigenvalue weighted by atomic mass is 10.2. The van der Waals surface area contributed by atoms with Crippen LogP contribution in [-0.2, 0) is 0 Å². The number of halogens is 1. The molecular formula is C17H13FN4O2. The summed E-state index contributed by atoms with van der Waals surface area (Å²) >= 11 is 0. The molecule has 24 heavy (non-hydrogen) atoms. The second-order valence-electron chi connectivity index (χ2n) is 5.15. The summed E-state index contributed by atoms with van der Waals surface area (Å²) in [6, 6.07) is 12.5. The standard InChI is InChI=1S/C17H13FN4O2/c1-11-8-9-19-17(20-11)12-2-4-13(5-3-12)21-16-7-6-14(22(23)24)10-15(16)18/h2-10,21H,1H3. The molecule has 1 heterocycles. The monoisotopic (exact) mass is 324 g/mol. The Balaban J connectivity index is 1.81. The molecule has 0 aliphatic rings. The van der Waals surface area contributed by atoms with E-state index < -0.39 is 10.7 Å². The molecule has 0 aliphatic heterocycles. The van der Waals surface area contributed by atoms with Crippen molar-refractivity contribution in [1.82, 2.24) is 9.97 Å². The Morgan fingerprint density at radius 1 is 1.12 bits per heavy atom. The number of benzene rings is 2. The van der Waals surface area contributed by atoms with Crippen LogP contribution >= 0.6 is 0 Å². The Kier molecular flexibility index (Phi) is 4.15. The van der Waals surface area contributed by atoms with Gasteiger partial charge in [0.05, 0.1) is 16.7 Å². The predicted octanol–water partition coefficient (Wildman–Crippen LogP) is 4.24. The lowest BCUT2D eigenvalue weighted by molar-refractivity contribution is -0.385. The van der Waals surface area contributed by atoms with Crippen molar-refractivity contribution < 1.29 is 9.31 Å². The maximum atomic E-state index is 13.9. The molecule has 3 aromatic rings. The van der Waals surface area contributed by atoms with Gasteiger partial charge in [0, 0.05) is 29.2 Å². The number of hydrogen-bond acceptors (Lipinski definition) is 5. The first-order valence-corrected chi connectivity index (χ1v) is 7.14. The molecule has 6 nitrogen and oxygen atoms in total. The van der Waals surface area contributed by atoms with Crippen LogP contribution in [0.3, 0.4) is 0 Å². The number of non-ortho nitro benzene ring substituents is 1. The summed E-state index contributed by atoms with van der Waals surface area (Å²) in [6.45, 7) is 1.89. The highest BCUT2D eigenvalue weighted by molar-refractivity contribution is 5.65. The number of aryl methyl sites for hydroxylation is 1. The molecule has 0 aliphatic carbocycles. The third-order valence-electron chi connectivity index (χ3n) is 3.38. The highest BCUT2D eigenvalue weighted by Gasteiger charge is 2.11. The zero-order valence-electron chi connectivity index (χ0n) is 12.7. The van der Waals surface area contributed by atoms with Gasteiger partial charge in [-0.05, 0) is 43.3 Å². The Labute approximate surface area is 137 Å². The highest BCUT2D eigenvalue weighted by atomic mass is 19.1. The van der Waals surface area contributed by atoms with Crippen molar-refractivity contribution >= 4 is 17.1 Å². The van der Waals surface area contributed by atoms with Gasteiger partial charge in [0.15, 0.2) is 11.6 Å². The van der Waals surface area contributed by atoms with Gasteiger partial charge in [0.25, 0.3) is 5.69 Å². The van der Waals surface area contributed by atoms with E-state index in [0.717, 1.165) is 17.3 Å². The normalized spacial score (nSPS) is 10.4. The lowest BCUT2D eigenvalue weighted by Crippen LogP contribution is -1.96. The Morgan fingerprint density at radius 3 is 2.50 bits per heavy atom. The molecule has 1 aromatic heterocycles. The van der Waals surface area contributed by atoms with Crippen LogP contribution in [0.1, 0.15) is 5.69 Å². The zero-order chi connectivity index (χ0) is 17.1. The molecule has 0 amide bonds. The van der Waals surface area contributed by atoms with E-state index in [2.05, 4.69) is 15.3 Å². The van der Waals surface area contributed by atoms with E-state index in [0.29, 0.717) is 11.5 Å². The maximum Gasteiger partial charge on any atom is 0.272 e. The number of hydrogen-bond donors (Lipinski definition) is 1. The number of nitro groups is 1. The third-order valence-corrected chi connectivity index (χ3v) is 3.38. The average molecular weight is 324 g/mol. The summed E-state index contributed by atoms with van der Waals surface area (Å²) in [6.07, 6.45) is 1.69. The molecule has 3 rings (SSSR count). The Hall–Kier alpha value is -3.35. The summed E-state index contributed by atoms with van der Waals surface area (Å²) in [4.78, 5) is 18.5. The summed E-state index contributed by atoms with van der Waals surface area (Å²) in [7, 11) is 0. The van der Waals surface area contributed by atoms with E-state index in [1.54, 1.807) is 18.3 Å². The minimum absolute atomic E-state index is 0.167. The minimum atomic E-state index is -0.685. The van der Waals surface area contributed by atoms with Crippen LogP contribution in [0.2, 0.25) is 0 Å². The van der Waals surface area contributed by atoms with Crippen molar-refractivity contribution in [2.24, 2.45) is 0 Å². The van der Waals surface area contributed by atoms with Crippen LogP contribution in [0, 0.1) is 22.9 Å². The van der Waals surface area contributed by atoms with Gasteiger partial charge in [-0.25, -0.2) is 14.4 Å². The minimum Gasteiger partial charge on any atom is -0.353 e. The second-order valence-corrected chi connectivity index (χ2v) is 5.15. The molecule has 0 spiro atoms. The number of anilines is 2. The van der Waals surface area contributed by atoms with Crippen molar-refractivity contribution in [3.63, 3.8) is 0 Å². The molecule has 7 heteroatoms. The predicted molar refractivity (Wildman–Crippen MR) is 88.5 cm³/mol. The average Bonchev–Trinajstić information content (AvgIpc) is 2.57. The van der Waals surface area contributed by atoms with Gasteiger partial charge in [-0.3, -0.25) is 10.1 Å². The van der Waals surface area contributed by atoms with Gasteiger partial charge in [-0.1, -0.05) is 0 Å². The topological polar surface area (TPSA) is 81.0 Å². The van der Waals surface area contributed by atoms with Gasteiger partial charge in [-0.2, -0.15) is 0 Å². The largest absolute Gasteiger partial charge is 0.353 e. The van der Waals surface area contributed by atoms with E-state index in [9.17, 15) is 14.5 Å². The SMILES string of the molecule is Cc1ccnc(-c2ccc(Nc3ccc([N+](=O)[O-])cc3F)cc2)n1. The van der Waals surface area contributed by atoms with E-state index in [-0.39, 0.29) is 11.4 Å². The molecule has 0 saturated heterocycles.